The van der Waals surface area contributed by atoms with Crippen molar-refractivity contribution in [2.24, 2.45) is 10.8 Å². The average molecular weight is 326 g/mol. The number of halogens is 1. The van der Waals surface area contributed by atoms with Crippen molar-refractivity contribution >= 4 is 21.8 Å². The van der Waals surface area contributed by atoms with Crippen LogP contribution in [0.4, 0.5) is 0 Å². The number of hydrogen-bond donors (Lipinski definition) is 2. The van der Waals surface area contributed by atoms with E-state index < -0.39 is 11.4 Å². The van der Waals surface area contributed by atoms with Crippen LogP contribution in [0.25, 0.3) is 10.4 Å². The third kappa shape index (κ3) is 3.96. The molecule has 1 aromatic rings. The van der Waals surface area contributed by atoms with Crippen molar-refractivity contribution in [2.45, 2.75) is 18.9 Å². The molecule has 0 aromatic heterocycles. The second-order valence-corrected chi connectivity index (χ2v) is 5.06. The summed E-state index contributed by atoms with van der Waals surface area (Å²) in [4.78, 5) is 14.4. The van der Waals surface area contributed by atoms with Crippen LogP contribution < -0.4 is 11.1 Å². The fourth-order valence-corrected chi connectivity index (χ4v) is 2.40. The van der Waals surface area contributed by atoms with Gasteiger partial charge in [-0.25, -0.2) is 0 Å². The van der Waals surface area contributed by atoms with Gasteiger partial charge in [-0.3, -0.25) is 10.1 Å². The minimum Gasteiger partial charge on any atom is -0.368 e. The van der Waals surface area contributed by atoms with E-state index in [0.717, 1.165) is 10.0 Å². The van der Waals surface area contributed by atoms with E-state index in [2.05, 4.69) is 31.3 Å². The van der Waals surface area contributed by atoms with Crippen LogP contribution in [-0.2, 0) is 10.3 Å². The zero-order valence-electron chi connectivity index (χ0n) is 10.6. The molecule has 1 aromatic carbocycles. The molecule has 0 spiro atoms. The van der Waals surface area contributed by atoms with Crippen LogP contribution in [0.3, 0.4) is 0 Å². The second kappa shape index (κ2) is 7.13. The first-order valence-corrected chi connectivity index (χ1v) is 6.62. The lowest BCUT2D eigenvalue weighted by Crippen LogP contribution is -2.51. The van der Waals surface area contributed by atoms with Gasteiger partial charge >= 0.3 is 0 Å². The first-order valence-electron chi connectivity index (χ1n) is 5.83. The Morgan fingerprint density at radius 2 is 2.26 bits per heavy atom. The Bertz CT molecular complexity index is 501. The number of benzene rings is 1. The maximum Gasteiger partial charge on any atom is 0.242 e. The molecule has 0 saturated carbocycles. The summed E-state index contributed by atoms with van der Waals surface area (Å²) in [5.41, 5.74) is 13.5. The van der Waals surface area contributed by atoms with Gasteiger partial charge in [-0.15, -0.1) is 0 Å². The fourth-order valence-electron chi connectivity index (χ4n) is 1.71. The van der Waals surface area contributed by atoms with Crippen LogP contribution in [0.2, 0.25) is 0 Å². The quantitative estimate of drug-likeness (QED) is 0.348. The molecule has 7 heteroatoms. The van der Waals surface area contributed by atoms with Crippen molar-refractivity contribution in [1.29, 1.82) is 0 Å². The molecule has 0 radical (unpaired) electrons. The molecule has 1 unspecified atom stereocenters. The number of carbonyl (C=O) groups excluding carboxylic acids is 1. The Morgan fingerprint density at radius 1 is 1.58 bits per heavy atom. The average Bonchev–Trinajstić information content (AvgIpc) is 2.38. The summed E-state index contributed by atoms with van der Waals surface area (Å²) >= 11 is 3.42. The molecule has 0 saturated heterocycles. The van der Waals surface area contributed by atoms with E-state index in [4.69, 9.17) is 11.3 Å². The van der Waals surface area contributed by atoms with E-state index in [0.29, 0.717) is 19.5 Å². The Morgan fingerprint density at radius 3 is 2.84 bits per heavy atom. The maximum atomic E-state index is 11.8. The Labute approximate surface area is 120 Å². The number of hydrogen-bond acceptors (Lipinski definition) is 3. The largest absolute Gasteiger partial charge is 0.368 e. The molecule has 0 heterocycles. The maximum absolute atomic E-state index is 11.8. The van der Waals surface area contributed by atoms with E-state index in [9.17, 15) is 4.79 Å². The van der Waals surface area contributed by atoms with Gasteiger partial charge in [-0.2, -0.15) is 0 Å². The van der Waals surface area contributed by atoms with Crippen LogP contribution in [0.1, 0.15) is 18.9 Å². The summed E-state index contributed by atoms with van der Waals surface area (Å²) in [6.07, 6.45) is 0.636. The molecular weight excluding hydrogens is 310 g/mol. The Kier molecular flexibility index (Phi) is 5.82. The number of nitrogens with zero attached hydrogens (tertiary/aromatic N) is 3. The zero-order chi connectivity index (χ0) is 14.3. The lowest BCUT2D eigenvalue weighted by Gasteiger charge is -2.29. The molecular formula is C12H16BrN5O. The van der Waals surface area contributed by atoms with Gasteiger partial charge in [-0.1, -0.05) is 39.2 Å². The monoisotopic (exact) mass is 325 g/mol. The van der Waals surface area contributed by atoms with Crippen molar-refractivity contribution in [2.75, 3.05) is 13.1 Å². The summed E-state index contributed by atoms with van der Waals surface area (Å²) in [5.74, 6) is -0.455. The van der Waals surface area contributed by atoms with Gasteiger partial charge in [0.15, 0.2) is 0 Å². The van der Waals surface area contributed by atoms with Crippen LogP contribution in [0, 0.1) is 0 Å². The summed E-state index contributed by atoms with van der Waals surface area (Å²) in [5, 5.41) is 6.57. The molecule has 1 amide bonds. The highest BCUT2D eigenvalue weighted by Crippen LogP contribution is 2.28. The van der Waals surface area contributed by atoms with E-state index >= 15 is 0 Å². The standard InChI is InChI=1S/C12H16BrN5O/c1-12(11(14)19,16-7-4-8-17-18-15)9-5-2-3-6-10(9)13/h2-3,5-6,16H,4,7-8H2,1H3,(H2,14,19). The molecule has 1 atom stereocenters. The topological polar surface area (TPSA) is 104 Å². The summed E-state index contributed by atoms with van der Waals surface area (Å²) in [7, 11) is 0. The summed E-state index contributed by atoms with van der Waals surface area (Å²) < 4.78 is 0.818. The third-order valence-electron chi connectivity index (χ3n) is 2.88. The Balaban J connectivity index is 2.83. The molecule has 0 aliphatic carbocycles. The number of azide groups is 1. The van der Waals surface area contributed by atoms with Crippen molar-refractivity contribution in [3.63, 3.8) is 0 Å². The SMILES string of the molecule is CC(NCCCN=[N+]=[N-])(C(N)=O)c1ccccc1Br. The summed E-state index contributed by atoms with van der Waals surface area (Å²) in [6.45, 7) is 2.65. The molecule has 6 nitrogen and oxygen atoms in total. The third-order valence-corrected chi connectivity index (χ3v) is 3.57. The highest BCUT2D eigenvalue weighted by molar-refractivity contribution is 9.10. The molecule has 19 heavy (non-hydrogen) atoms. The van der Waals surface area contributed by atoms with Crippen LogP contribution in [0.15, 0.2) is 33.9 Å². The van der Waals surface area contributed by atoms with Gasteiger partial charge in [-0.05, 0) is 37.1 Å². The minimum atomic E-state index is -0.962. The number of rotatable bonds is 7. The lowest BCUT2D eigenvalue weighted by molar-refractivity contribution is -0.124. The van der Waals surface area contributed by atoms with Gasteiger partial charge in [0.2, 0.25) is 5.91 Å². The first kappa shape index (κ1) is 15.5. The molecule has 0 aliphatic rings. The molecule has 0 bridgehead atoms. The highest BCUT2D eigenvalue weighted by Gasteiger charge is 2.33. The Hall–Kier alpha value is -1.56. The normalized spacial score (nSPS) is 13.4. The molecule has 1 rings (SSSR count). The van der Waals surface area contributed by atoms with E-state index in [1.807, 2.05) is 24.3 Å². The van der Waals surface area contributed by atoms with Gasteiger partial charge in [0.25, 0.3) is 0 Å². The highest BCUT2D eigenvalue weighted by atomic mass is 79.9. The minimum absolute atomic E-state index is 0.383. The van der Waals surface area contributed by atoms with Crippen molar-refractivity contribution in [1.82, 2.24) is 5.32 Å². The molecule has 102 valence electrons. The fraction of sp³-hybridized carbons (Fsp3) is 0.417. The number of amides is 1. The zero-order valence-corrected chi connectivity index (χ0v) is 12.2. The van der Waals surface area contributed by atoms with Gasteiger partial charge in [0.05, 0.1) is 0 Å². The number of nitrogens with one attached hydrogen (secondary N) is 1. The summed E-state index contributed by atoms with van der Waals surface area (Å²) in [6, 6.07) is 7.42. The van der Waals surface area contributed by atoms with Gasteiger partial charge < -0.3 is 5.73 Å². The van der Waals surface area contributed by atoms with Crippen molar-refractivity contribution < 1.29 is 4.79 Å². The molecule has 3 N–H and O–H groups in total. The number of carbonyl (C=O) groups is 1. The number of primary amides is 1. The first-order chi connectivity index (χ1) is 9.02. The lowest BCUT2D eigenvalue weighted by atomic mass is 9.91. The van der Waals surface area contributed by atoms with Gasteiger partial charge in [0, 0.05) is 15.9 Å². The van der Waals surface area contributed by atoms with Crippen LogP contribution in [0.5, 0.6) is 0 Å². The van der Waals surface area contributed by atoms with E-state index in [1.165, 1.54) is 0 Å². The van der Waals surface area contributed by atoms with Gasteiger partial charge in [0.1, 0.15) is 5.54 Å². The van der Waals surface area contributed by atoms with Crippen molar-refractivity contribution in [3.05, 3.63) is 44.7 Å². The van der Waals surface area contributed by atoms with Crippen LogP contribution in [-0.4, -0.2) is 19.0 Å². The van der Waals surface area contributed by atoms with E-state index in [1.54, 1.807) is 6.92 Å². The van der Waals surface area contributed by atoms with Crippen molar-refractivity contribution in [3.8, 4) is 0 Å². The molecule has 0 fully saturated rings. The van der Waals surface area contributed by atoms with Crippen LogP contribution >= 0.6 is 15.9 Å². The predicted molar refractivity (Wildman–Crippen MR) is 77.3 cm³/mol. The molecule has 0 aliphatic heterocycles. The second-order valence-electron chi connectivity index (χ2n) is 4.20. The number of nitrogens with two attached hydrogens (primary N) is 1. The van der Waals surface area contributed by atoms with E-state index in [-0.39, 0.29) is 0 Å². The predicted octanol–water partition coefficient (Wildman–Crippen LogP) is 2.44. The smallest absolute Gasteiger partial charge is 0.242 e.